The second kappa shape index (κ2) is 6.86. The van der Waals surface area contributed by atoms with Crippen LogP contribution >= 0.6 is 0 Å². The number of amides is 1. The maximum absolute atomic E-state index is 11.7. The maximum Gasteiger partial charge on any atom is 0.220 e. The van der Waals surface area contributed by atoms with E-state index in [1.54, 1.807) is 7.11 Å². The van der Waals surface area contributed by atoms with Crippen LogP contribution in [0.25, 0.3) is 0 Å². The molecule has 96 valence electrons. The van der Waals surface area contributed by atoms with Gasteiger partial charge in [0.1, 0.15) is 0 Å². The first-order valence-electron chi connectivity index (χ1n) is 5.83. The summed E-state index contributed by atoms with van der Waals surface area (Å²) in [5.74, 6) is 0.420. The van der Waals surface area contributed by atoms with Crippen molar-refractivity contribution < 1.29 is 9.53 Å². The van der Waals surface area contributed by atoms with Gasteiger partial charge in [0, 0.05) is 19.1 Å². The summed E-state index contributed by atoms with van der Waals surface area (Å²) in [5.41, 5.74) is 5.54. The number of rotatable bonds is 7. The van der Waals surface area contributed by atoms with Gasteiger partial charge in [-0.2, -0.15) is 0 Å². The molecular formula is C12H26N2O2. The first kappa shape index (κ1) is 15.4. The predicted molar refractivity (Wildman–Crippen MR) is 66.1 cm³/mol. The number of nitrogens with one attached hydrogen (secondary N) is 1. The van der Waals surface area contributed by atoms with Crippen molar-refractivity contribution in [1.82, 2.24) is 5.32 Å². The average molecular weight is 230 g/mol. The van der Waals surface area contributed by atoms with Crippen LogP contribution in [0.15, 0.2) is 0 Å². The molecule has 0 aliphatic carbocycles. The van der Waals surface area contributed by atoms with E-state index in [-0.39, 0.29) is 17.5 Å². The molecule has 0 heterocycles. The largest absolute Gasteiger partial charge is 0.383 e. The van der Waals surface area contributed by atoms with Gasteiger partial charge in [-0.05, 0) is 26.2 Å². The Morgan fingerprint density at radius 1 is 1.44 bits per heavy atom. The molecule has 16 heavy (non-hydrogen) atoms. The molecule has 0 aliphatic rings. The lowest BCUT2D eigenvalue weighted by molar-refractivity contribution is -0.122. The highest BCUT2D eigenvalue weighted by molar-refractivity contribution is 5.76. The minimum atomic E-state index is -0.286. The average Bonchev–Trinajstić information content (AvgIpc) is 2.13. The molecule has 4 nitrogen and oxygen atoms in total. The van der Waals surface area contributed by atoms with Gasteiger partial charge in [0.25, 0.3) is 0 Å². The van der Waals surface area contributed by atoms with Gasteiger partial charge in [-0.15, -0.1) is 0 Å². The van der Waals surface area contributed by atoms with Gasteiger partial charge in [-0.1, -0.05) is 13.8 Å². The third-order valence-electron chi connectivity index (χ3n) is 2.49. The van der Waals surface area contributed by atoms with E-state index in [1.807, 2.05) is 13.8 Å². The Morgan fingerprint density at radius 3 is 2.38 bits per heavy atom. The summed E-state index contributed by atoms with van der Waals surface area (Å²) in [5, 5.41) is 2.97. The molecular weight excluding hydrogens is 204 g/mol. The van der Waals surface area contributed by atoms with Crippen LogP contribution in [0.4, 0.5) is 0 Å². The molecule has 0 saturated heterocycles. The molecule has 1 unspecified atom stereocenters. The molecule has 3 N–H and O–H groups in total. The molecule has 0 radical (unpaired) electrons. The molecule has 0 aromatic heterocycles. The van der Waals surface area contributed by atoms with E-state index in [0.29, 0.717) is 25.4 Å². The number of hydrogen-bond donors (Lipinski definition) is 2. The predicted octanol–water partition coefficient (Wildman–Crippen LogP) is 1.29. The van der Waals surface area contributed by atoms with E-state index >= 15 is 0 Å². The zero-order chi connectivity index (χ0) is 12.8. The Hall–Kier alpha value is -0.610. The zero-order valence-corrected chi connectivity index (χ0v) is 11.2. The highest BCUT2D eigenvalue weighted by Gasteiger charge is 2.18. The van der Waals surface area contributed by atoms with Crippen molar-refractivity contribution >= 4 is 5.91 Å². The maximum atomic E-state index is 11.7. The third-order valence-corrected chi connectivity index (χ3v) is 2.49. The van der Waals surface area contributed by atoms with Gasteiger partial charge in [0.05, 0.1) is 12.6 Å². The van der Waals surface area contributed by atoms with Crippen LogP contribution in [0.3, 0.4) is 0 Å². The van der Waals surface area contributed by atoms with Crippen LogP contribution in [-0.2, 0) is 9.53 Å². The van der Waals surface area contributed by atoms with Crippen molar-refractivity contribution in [3.05, 3.63) is 0 Å². The van der Waals surface area contributed by atoms with Crippen LogP contribution in [0.1, 0.15) is 40.5 Å². The number of nitrogens with two attached hydrogens (primary N) is 1. The van der Waals surface area contributed by atoms with Gasteiger partial charge >= 0.3 is 0 Å². The fraction of sp³-hybridized carbons (Fsp3) is 0.917. The van der Waals surface area contributed by atoms with Crippen molar-refractivity contribution in [3.8, 4) is 0 Å². The van der Waals surface area contributed by atoms with Crippen molar-refractivity contribution in [1.29, 1.82) is 0 Å². The fourth-order valence-corrected chi connectivity index (χ4v) is 1.29. The Bertz CT molecular complexity index is 210. The zero-order valence-electron chi connectivity index (χ0n) is 11.2. The van der Waals surface area contributed by atoms with E-state index in [2.05, 4.69) is 19.2 Å². The summed E-state index contributed by atoms with van der Waals surface area (Å²) in [6.07, 6.45) is 1.16. The summed E-state index contributed by atoms with van der Waals surface area (Å²) >= 11 is 0. The van der Waals surface area contributed by atoms with Crippen molar-refractivity contribution in [2.24, 2.45) is 11.7 Å². The quantitative estimate of drug-likeness (QED) is 0.692. The Morgan fingerprint density at radius 2 is 2.00 bits per heavy atom. The second-order valence-electron chi connectivity index (χ2n) is 5.36. The van der Waals surface area contributed by atoms with Crippen LogP contribution < -0.4 is 11.1 Å². The summed E-state index contributed by atoms with van der Waals surface area (Å²) in [4.78, 5) is 11.7. The first-order valence-corrected chi connectivity index (χ1v) is 5.83. The normalized spacial score (nSPS) is 13.9. The molecule has 0 aromatic rings. The molecule has 1 amide bonds. The summed E-state index contributed by atoms with van der Waals surface area (Å²) in [7, 11) is 1.64. The summed E-state index contributed by atoms with van der Waals surface area (Å²) in [6, 6.07) is 0.0818. The molecule has 1 atom stereocenters. The Kier molecular flexibility index (Phi) is 6.60. The topological polar surface area (TPSA) is 64.3 Å². The SMILES string of the molecule is COCC(NC(=O)CCC(C)(C)N)C(C)C. The number of hydrogen-bond acceptors (Lipinski definition) is 3. The molecule has 0 saturated carbocycles. The second-order valence-corrected chi connectivity index (χ2v) is 5.36. The molecule has 0 aliphatic heterocycles. The third kappa shape index (κ3) is 7.65. The minimum Gasteiger partial charge on any atom is -0.383 e. The summed E-state index contributed by atoms with van der Waals surface area (Å²) in [6.45, 7) is 8.54. The van der Waals surface area contributed by atoms with Gasteiger partial charge in [-0.3, -0.25) is 4.79 Å². The monoisotopic (exact) mass is 230 g/mol. The highest BCUT2D eigenvalue weighted by Crippen LogP contribution is 2.08. The van der Waals surface area contributed by atoms with Gasteiger partial charge in [0.15, 0.2) is 0 Å². The number of methoxy groups -OCH3 is 1. The summed E-state index contributed by atoms with van der Waals surface area (Å²) < 4.78 is 5.07. The van der Waals surface area contributed by atoms with E-state index < -0.39 is 0 Å². The molecule has 0 spiro atoms. The molecule has 4 heteroatoms. The standard InChI is InChI=1S/C12H26N2O2/c1-9(2)10(8-16-5)14-11(15)6-7-12(3,4)13/h9-10H,6-8,13H2,1-5H3,(H,14,15). The molecule has 0 aromatic carbocycles. The molecule has 0 rings (SSSR count). The highest BCUT2D eigenvalue weighted by atomic mass is 16.5. The lowest BCUT2D eigenvalue weighted by Crippen LogP contribution is -2.42. The van der Waals surface area contributed by atoms with Crippen molar-refractivity contribution in [2.45, 2.75) is 52.1 Å². The van der Waals surface area contributed by atoms with Crippen LogP contribution in [0.2, 0.25) is 0 Å². The van der Waals surface area contributed by atoms with E-state index in [0.717, 1.165) is 0 Å². The van der Waals surface area contributed by atoms with Crippen LogP contribution in [0, 0.1) is 5.92 Å². The Balaban J connectivity index is 4.00. The van der Waals surface area contributed by atoms with Gasteiger partial charge in [0.2, 0.25) is 5.91 Å². The number of ether oxygens (including phenoxy) is 1. The van der Waals surface area contributed by atoms with Crippen molar-refractivity contribution in [3.63, 3.8) is 0 Å². The van der Waals surface area contributed by atoms with Gasteiger partial charge < -0.3 is 15.8 Å². The van der Waals surface area contributed by atoms with E-state index in [9.17, 15) is 4.79 Å². The number of carbonyl (C=O) groups excluding carboxylic acids is 1. The van der Waals surface area contributed by atoms with E-state index in [4.69, 9.17) is 10.5 Å². The molecule has 0 fully saturated rings. The Labute approximate surface area is 98.9 Å². The van der Waals surface area contributed by atoms with Crippen LogP contribution in [0.5, 0.6) is 0 Å². The van der Waals surface area contributed by atoms with Crippen LogP contribution in [-0.4, -0.2) is 31.2 Å². The van der Waals surface area contributed by atoms with E-state index in [1.165, 1.54) is 0 Å². The fourth-order valence-electron chi connectivity index (χ4n) is 1.29. The first-order chi connectivity index (χ1) is 7.26. The minimum absolute atomic E-state index is 0.0503. The van der Waals surface area contributed by atoms with Gasteiger partial charge in [-0.25, -0.2) is 0 Å². The van der Waals surface area contributed by atoms with Crippen molar-refractivity contribution in [2.75, 3.05) is 13.7 Å². The number of carbonyl (C=O) groups is 1. The lowest BCUT2D eigenvalue weighted by atomic mass is 9.99. The molecule has 0 bridgehead atoms. The smallest absolute Gasteiger partial charge is 0.220 e. The lowest BCUT2D eigenvalue weighted by Gasteiger charge is -2.23.